The molecule has 24 atom stereocenters. The monoisotopic (exact) mass is 1010 g/mol. The lowest BCUT2D eigenvalue weighted by Crippen LogP contribution is -2.69. The largest absolute Gasteiger partial charge is 0.458 e. The quantitative estimate of drug-likeness (QED) is 0.0588. The highest BCUT2D eigenvalue weighted by molar-refractivity contribution is 5.87. The van der Waals surface area contributed by atoms with Gasteiger partial charge in [0.15, 0.2) is 18.9 Å². The third-order valence-corrected chi connectivity index (χ3v) is 20.0. The van der Waals surface area contributed by atoms with Crippen molar-refractivity contribution in [3.63, 3.8) is 0 Å². The first kappa shape index (κ1) is 55.5. The maximum atomic E-state index is 13.3. The Hall–Kier alpha value is -1.73. The number of hydrogen-bond acceptors (Lipinski definition) is 19. The van der Waals surface area contributed by atoms with E-state index in [0.717, 1.165) is 32.1 Å². The van der Waals surface area contributed by atoms with Crippen LogP contribution in [0.4, 0.5) is 0 Å². The third kappa shape index (κ3) is 9.12. The highest BCUT2D eigenvalue weighted by Crippen LogP contribution is 2.76. The molecule has 7 fully saturated rings. The van der Waals surface area contributed by atoms with E-state index in [9.17, 15) is 61.0 Å². The minimum Gasteiger partial charge on any atom is -0.458 e. The van der Waals surface area contributed by atoms with Crippen LogP contribution >= 0.6 is 0 Å². The van der Waals surface area contributed by atoms with Gasteiger partial charge in [0, 0.05) is 5.57 Å². The summed E-state index contributed by atoms with van der Waals surface area (Å²) in [4.78, 5) is 13.3. The molecule has 19 nitrogen and oxygen atoms in total. The molecule has 8 aliphatic rings. The molecular weight excluding hydrogens is 929 g/mol. The van der Waals surface area contributed by atoms with E-state index in [1.807, 2.05) is 0 Å². The van der Waals surface area contributed by atoms with E-state index in [-0.39, 0.29) is 47.2 Å². The van der Waals surface area contributed by atoms with Crippen LogP contribution in [0.5, 0.6) is 0 Å². The van der Waals surface area contributed by atoms with E-state index in [1.165, 1.54) is 5.57 Å². The smallest absolute Gasteiger partial charge is 0.333 e. The van der Waals surface area contributed by atoms with Gasteiger partial charge in [-0.1, -0.05) is 66.2 Å². The number of carbonyl (C=O) groups is 1. The lowest BCUT2D eigenvalue weighted by atomic mass is 9.33. The molecule has 0 spiro atoms. The van der Waals surface area contributed by atoms with E-state index < -0.39 is 140 Å². The minimum atomic E-state index is -1.79. The maximum Gasteiger partial charge on any atom is 0.333 e. The van der Waals surface area contributed by atoms with Gasteiger partial charge in [-0.2, -0.15) is 0 Å². The second-order valence-electron chi connectivity index (χ2n) is 24.7. The molecule has 406 valence electrons. The number of esters is 1. The second kappa shape index (κ2) is 20.0. The fourth-order valence-corrected chi connectivity index (χ4v) is 15.4. The van der Waals surface area contributed by atoms with Crippen LogP contribution in [0.2, 0.25) is 0 Å². The van der Waals surface area contributed by atoms with Gasteiger partial charge in [0.05, 0.1) is 44.1 Å². The van der Waals surface area contributed by atoms with Gasteiger partial charge in [-0.3, -0.25) is 0 Å². The molecule has 0 aromatic heterocycles. The highest BCUT2D eigenvalue weighted by atomic mass is 16.7. The second-order valence-corrected chi connectivity index (χ2v) is 24.7. The van der Waals surface area contributed by atoms with Crippen molar-refractivity contribution in [1.29, 1.82) is 0 Å². The lowest BCUT2D eigenvalue weighted by Gasteiger charge is -2.72. The van der Waals surface area contributed by atoms with E-state index in [0.29, 0.717) is 24.8 Å². The summed E-state index contributed by atoms with van der Waals surface area (Å²) in [6, 6.07) is 0. The zero-order valence-electron chi connectivity index (χ0n) is 42.9. The van der Waals surface area contributed by atoms with Crippen molar-refractivity contribution in [3.8, 4) is 0 Å². The fourth-order valence-electron chi connectivity index (χ4n) is 15.4. The molecule has 0 bridgehead atoms. The van der Waals surface area contributed by atoms with Crippen molar-refractivity contribution in [3.05, 3.63) is 23.3 Å². The standard InChI is InChI=1S/C52H84O19/c1-10-24(2)43(64)70-34-19-47(3,4)17-26-25-11-12-31-49(7)15-14-33(48(5,6)30(49)13-16-50(31,8)51(25,9)18-32(55)52(26,34)23-53)71-46-42(63)39(60)37(58)29(69-46)22-67-45-41(62)38(59)36(57)28(68-45)21-66-44-40(61)35(56)27(54)20-65-44/h10-11,26-42,44-46,53-63H,12-23H2,1-9H3. The minimum absolute atomic E-state index is 0.145. The summed E-state index contributed by atoms with van der Waals surface area (Å²) in [7, 11) is 0. The van der Waals surface area contributed by atoms with Crippen LogP contribution in [-0.4, -0.2) is 193 Å². The van der Waals surface area contributed by atoms with Crippen molar-refractivity contribution >= 4 is 5.97 Å². The van der Waals surface area contributed by atoms with Crippen LogP contribution in [0.15, 0.2) is 23.3 Å². The summed E-state index contributed by atoms with van der Waals surface area (Å²) in [5.74, 6) is -0.275. The van der Waals surface area contributed by atoms with Gasteiger partial charge in [0.25, 0.3) is 0 Å². The third-order valence-electron chi connectivity index (χ3n) is 20.0. The maximum absolute atomic E-state index is 13.3. The van der Waals surface area contributed by atoms with Crippen molar-refractivity contribution in [2.24, 2.45) is 50.2 Å². The van der Waals surface area contributed by atoms with Gasteiger partial charge in [-0.25, -0.2) is 4.79 Å². The Bertz CT molecular complexity index is 1980. The molecule has 4 saturated carbocycles. The van der Waals surface area contributed by atoms with E-state index in [2.05, 4.69) is 54.5 Å². The zero-order chi connectivity index (χ0) is 52.1. The first-order valence-corrected chi connectivity index (χ1v) is 25.9. The first-order chi connectivity index (χ1) is 33.1. The van der Waals surface area contributed by atoms with Gasteiger partial charge in [0.1, 0.15) is 73.2 Å². The molecule has 0 amide bonds. The van der Waals surface area contributed by atoms with Gasteiger partial charge >= 0.3 is 5.97 Å². The Morgan fingerprint density at radius 2 is 1.30 bits per heavy atom. The van der Waals surface area contributed by atoms with Crippen LogP contribution < -0.4 is 0 Å². The number of aliphatic hydroxyl groups is 11. The molecule has 0 aromatic rings. The molecule has 3 aliphatic heterocycles. The summed E-state index contributed by atoms with van der Waals surface area (Å²) in [6.45, 7) is 17.6. The number of aliphatic hydroxyl groups excluding tert-OH is 11. The summed E-state index contributed by atoms with van der Waals surface area (Å²) >= 11 is 0. The molecule has 0 radical (unpaired) electrons. The van der Waals surface area contributed by atoms with E-state index >= 15 is 0 Å². The molecule has 3 saturated heterocycles. The average Bonchev–Trinajstić information content (AvgIpc) is 3.30. The normalized spacial score (nSPS) is 51.7. The first-order valence-electron chi connectivity index (χ1n) is 25.9. The Morgan fingerprint density at radius 1 is 0.704 bits per heavy atom. The van der Waals surface area contributed by atoms with Gasteiger partial charge < -0.3 is 89.3 Å². The van der Waals surface area contributed by atoms with Crippen molar-refractivity contribution in [2.45, 2.75) is 218 Å². The van der Waals surface area contributed by atoms with Gasteiger partial charge in [-0.15, -0.1) is 0 Å². The summed E-state index contributed by atoms with van der Waals surface area (Å²) in [5.41, 5.74) is -0.849. The van der Waals surface area contributed by atoms with E-state index in [1.54, 1.807) is 19.9 Å². The number of allylic oxidation sites excluding steroid dienone is 3. The number of carbonyl (C=O) groups excluding carboxylic acids is 1. The van der Waals surface area contributed by atoms with E-state index in [4.69, 9.17) is 33.2 Å². The molecule has 0 aromatic carbocycles. The zero-order valence-corrected chi connectivity index (χ0v) is 42.9. The topological polar surface area (TPSA) is 304 Å². The molecule has 8 rings (SSSR count). The van der Waals surface area contributed by atoms with Crippen LogP contribution in [0.25, 0.3) is 0 Å². The summed E-state index contributed by atoms with van der Waals surface area (Å²) in [5, 5.41) is 120. The van der Waals surface area contributed by atoms with Crippen LogP contribution in [-0.2, 0) is 38.0 Å². The number of hydrogen-bond donors (Lipinski definition) is 11. The molecule has 3 heterocycles. The number of rotatable bonds is 11. The predicted octanol–water partition coefficient (Wildman–Crippen LogP) is 0.712. The lowest BCUT2D eigenvalue weighted by molar-refractivity contribution is -0.348. The van der Waals surface area contributed by atoms with Gasteiger partial charge in [0.2, 0.25) is 0 Å². The number of fused-ring (bicyclic) bond motifs is 7. The molecule has 24 unspecified atom stereocenters. The molecule has 71 heavy (non-hydrogen) atoms. The Labute approximate surface area is 417 Å². The Morgan fingerprint density at radius 3 is 1.92 bits per heavy atom. The molecular formula is C52H84O19. The SMILES string of the molecule is CC=C(C)C(=O)OC1CC(C)(C)CC2C3=CCC4C5(C)CCC(OC6OC(COC7OC(COC8OCC(O)C(O)C8O)C(O)C(O)C7O)C(O)C(O)C6O)C(C)(C)C5CCC4(C)C3(C)CC(O)C12CO. The van der Waals surface area contributed by atoms with Crippen molar-refractivity contribution < 1.29 is 94.1 Å². The average molecular weight is 1010 g/mol. The van der Waals surface area contributed by atoms with Crippen LogP contribution in [0, 0.1) is 50.2 Å². The van der Waals surface area contributed by atoms with Crippen molar-refractivity contribution in [1.82, 2.24) is 0 Å². The summed E-state index contributed by atoms with van der Waals surface area (Å²) < 4.78 is 41.4. The Kier molecular flexibility index (Phi) is 15.6. The van der Waals surface area contributed by atoms with Crippen molar-refractivity contribution in [2.75, 3.05) is 26.4 Å². The van der Waals surface area contributed by atoms with Crippen LogP contribution in [0.3, 0.4) is 0 Å². The predicted molar refractivity (Wildman–Crippen MR) is 250 cm³/mol. The van der Waals surface area contributed by atoms with Crippen LogP contribution in [0.1, 0.15) is 114 Å². The molecule has 19 heteroatoms. The van der Waals surface area contributed by atoms with Gasteiger partial charge in [-0.05, 0) is 110 Å². The number of ether oxygens (including phenoxy) is 7. The summed E-state index contributed by atoms with van der Waals surface area (Å²) in [6.07, 6.45) is -14.2. The molecule has 11 N–H and O–H groups in total. The highest BCUT2D eigenvalue weighted by Gasteiger charge is 2.72. The molecule has 5 aliphatic carbocycles. The fraction of sp³-hybridized carbons (Fsp3) is 0.904. The Balaban J connectivity index is 0.958.